The van der Waals surface area contributed by atoms with Crippen LogP contribution in [0, 0.1) is 5.92 Å². The van der Waals surface area contributed by atoms with Crippen molar-refractivity contribution in [2.24, 2.45) is 5.92 Å². The van der Waals surface area contributed by atoms with Crippen molar-refractivity contribution in [3.8, 4) is 0 Å². The van der Waals surface area contributed by atoms with E-state index < -0.39 is 0 Å². The molecule has 0 aliphatic carbocycles. The number of amides is 2. The van der Waals surface area contributed by atoms with E-state index in [1.807, 2.05) is 12.1 Å². The lowest BCUT2D eigenvalue weighted by molar-refractivity contribution is -0.139. The molecule has 21 heavy (non-hydrogen) atoms. The van der Waals surface area contributed by atoms with Gasteiger partial charge in [0.15, 0.2) is 5.65 Å². The minimum Gasteiger partial charge on any atom is -0.341 e. The number of anilines is 1. The summed E-state index contributed by atoms with van der Waals surface area (Å²) in [6.45, 7) is 2.45. The van der Waals surface area contributed by atoms with E-state index in [0.717, 1.165) is 9.86 Å². The fraction of sp³-hybridized carbons (Fsp3) is 0.286. The number of carbonyl (C=O) groups excluding carboxylic acids is 2. The summed E-state index contributed by atoms with van der Waals surface area (Å²) >= 11 is 3.35. The molecule has 1 saturated heterocycles. The predicted octanol–water partition coefficient (Wildman–Crippen LogP) is 1.81. The minimum atomic E-state index is -0.163. The molecular weight excluding hydrogens is 336 g/mol. The second kappa shape index (κ2) is 5.40. The summed E-state index contributed by atoms with van der Waals surface area (Å²) in [5, 5.41) is 3.67. The number of hydrogen-bond donors (Lipinski definition) is 1. The Kier molecular flexibility index (Phi) is 3.59. The van der Waals surface area contributed by atoms with Gasteiger partial charge in [-0.25, -0.2) is 9.97 Å². The van der Waals surface area contributed by atoms with Gasteiger partial charge in [0.2, 0.25) is 11.8 Å². The van der Waals surface area contributed by atoms with E-state index in [9.17, 15) is 9.59 Å². The van der Waals surface area contributed by atoms with Crippen LogP contribution in [-0.4, -0.2) is 39.8 Å². The standard InChI is InChI=1S/C14H13BrN4O2/c1-8(20)19-6-10(7-19)14(21)18-12-3-2-9-4-11(15)5-16-13(9)17-12/h2-5,10H,6-7H2,1H3,(H,16,17,18,21). The van der Waals surface area contributed by atoms with Gasteiger partial charge < -0.3 is 10.2 Å². The van der Waals surface area contributed by atoms with Crippen molar-refractivity contribution in [2.45, 2.75) is 6.92 Å². The number of nitrogens with zero attached hydrogens (tertiary/aromatic N) is 3. The second-order valence-corrected chi connectivity index (χ2v) is 5.92. The fourth-order valence-corrected chi connectivity index (χ4v) is 2.53. The molecule has 7 heteroatoms. The van der Waals surface area contributed by atoms with Gasteiger partial charge in [0.05, 0.1) is 5.92 Å². The Labute approximate surface area is 129 Å². The molecule has 0 saturated carbocycles. The van der Waals surface area contributed by atoms with Crippen LogP contribution in [0.25, 0.3) is 11.0 Å². The van der Waals surface area contributed by atoms with Gasteiger partial charge >= 0.3 is 0 Å². The number of rotatable bonds is 2. The maximum Gasteiger partial charge on any atom is 0.232 e. The third kappa shape index (κ3) is 2.87. The highest BCUT2D eigenvalue weighted by atomic mass is 79.9. The Bertz CT molecular complexity index is 728. The highest BCUT2D eigenvalue weighted by Crippen LogP contribution is 2.20. The average Bonchev–Trinajstić information content (AvgIpc) is 2.36. The van der Waals surface area contributed by atoms with E-state index in [1.165, 1.54) is 6.92 Å². The van der Waals surface area contributed by atoms with E-state index in [1.54, 1.807) is 17.2 Å². The zero-order chi connectivity index (χ0) is 15.0. The van der Waals surface area contributed by atoms with Crippen LogP contribution in [0.1, 0.15) is 6.92 Å². The van der Waals surface area contributed by atoms with Crippen molar-refractivity contribution in [1.29, 1.82) is 0 Å². The maximum atomic E-state index is 12.0. The Balaban J connectivity index is 1.69. The van der Waals surface area contributed by atoms with Crippen LogP contribution in [0.2, 0.25) is 0 Å². The molecule has 0 unspecified atom stereocenters. The zero-order valence-corrected chi connectivity index (χ0v) is 12.9. The minimum absolute atomic E-state index is 0.00217. The molecule has 3 heterocycles. The summed E-state index contributed by atoms with van der Waals surface area (Å²) in [6, 6.07) is 5.52. The van der Waals surface area contributed by atoms with E-state index in [0.29, 0.717) is 24.6 Å². The number of hydrogen-bond acceptors (Lipinski definition) is 4. The van der Waals surface area contributed by atoms with E-state index in [2.05, 4.69) is 31.2 Å². The normalized spacial score (nSPS) is 14.9. The van der Waals surface area contributed by atoms with Gasteiger partial charge in [-0.3, -0.25) is 9.59 Å². The van der Waals surface area contributed by atoms with Crippen molar-refractivity contribution >= 4 is 44.6 Å². The molecule has 0 bridgehead atoms. The number of pyridine rings is 2. The molecule has 2 aromatic rings. The van der Waals surface area contributed by atoms with Gasteiger partial charge in [0.1, 0.15) is 5.82 Å². The van der Waals surface area contributed by atoms with Gasteiger partial charge in [0, 0.05) is 36.1 Å². The van der Waals surface area contributed by atoms with Crippen LogP contribution >= 0.6 is 15.9 Å². The van der Waals surface area contributed by atoms with Crippen LogP contribution in [-0.2, 0) is 9.59 Å². The van der Waals surface area contributed by atoms with Crippen molar-refractivity contribution < 1.29 is 9.59 Å². The summed E-state index contributed by atoms with van der Waals surface area (Å²) in [6.07, 6.45) is 1.66. The van der Waals surface area contributed by atoms with Crippen LogP contribution < -0.4 is 5.32 Å². The Morgan fingerprint density at radius 2 is 2.14 bits per heavy atom. The van der Waals surface area contributed by atoms with Crippen molar-refractivity contribution in [1.82, 2.24) is 14.9 Å². The smallest absolute Gasteiger partial charge is 0.232 e. The lowest BCUT2D eigenvalue weighted by Gasteiger charge is -2.37. The first-order chi connectivity index (χ1) is 10.0. The summed E-state index contributed by atoms with van der Waals surface area (Å²) in [7, 11) is 0. The molecule has 2 aromatic heterocycles. The Morgan fingerprint density at radius 3 is 2.86 bits per heavy atom. The van der Waals surface area contributed by atoms with Crippen LogP contribution in [0.15, 0.2) is 28.9 Å². The molecule has 0 radical (unpaired) electrons. The maximum absolute atomic E-state index is 12.0. The third-order valence-electron chi connectivity index (χ3n) is 3.46. The van der Waals surface area contributed by atoms with E-state index >= 15 is 0 Å². The van der Waals surface area contributed by atoms with Crippen LogP contribution in [0.3, 0.4) is 0 Å². The van der Waals surface area contributed by atoms with Crippen molar-refractivity contribution in [2.75, 3.05) is 18.4 Å². The molecule has 1 N–H and O–H groups in total. The van der Waals surface area contributed by atoms with Gasteiger partial charge in [-0.05, 0) is 34.1 Å². The molecule has 1 aliphatic rings. The van der Waals surface area contributed by atoms with Gasteiger partial charge in [0.25, 0.3) is 0 Å². The summed E-state index contributed by atoms with van der Waals surface area (Å²) < 4.78 is 0.882. The monoisotopic (exact) mass is 348 g/mol. The molecule has 0 aromatic carbocycles. The van der Waals surface area contributed by atoms with Crippen molar-refractivity contribution in [3.05, 3.63) is 28.9 Å². The van der Waals surface area contributed by atoms with Crippen molar-refractivity contribution in [3.63, 3.8) is 0 Å². The molecule has 0 atom stereocenters. The largest absolute Gasteiger partial charge is 0.341 e. The molecule has 3 rings (SSSR count). The number of nitrogens with one attached hydrogen (secondary N) is 1. The number of carbonyl (C=O) groups is 2. The lowest BCUT2D eigenvalue weighted by Crippen LogP contribution is -2.53. The molecule has 6 nitrogen and oxygen atoms in total. The Hall–Kier alpha value is -2.02. The van der Waals surface area contributed by atoms with Crippen LogP contribution in [0.5, 0.6) is 0 Å². The molecule has 0 spiro atoms. The summed E-state index contributed by atoms with van der Waals surface area (Å²) in [5.41, 5.74) is 0.579. The zero-order valence-electron chi connectivity index (χ0n) is 11.3. The number of fused-ring (bicyclic) bond motifs is 1. The first-order valence-corrected chi connectivity index (χ1v) is 7.31. The van der Waals surface area contributed by atoms with Gasteiger partial charge in [-0.15, -0.1) is 0 Å². The first kappa shape index (κ1) is 13.9. The SMILES string of the molecule is CC(=O)N1CC(C(=O)Nc2ccc3cc(Br)cnc3n2)C1. The first-order valence-electron chi connectivity index (χ1n) is 6.51. The third-order valence-corrected chi connectivity index (χ3v) is 3.89. The molecular formula is C14H13BrN4O2. The highest BCUT2D eigenvalue weighted by molar-refractivity contribution is 9.10. The van der Waals surface area contributed by atoms with Gasteiger partial charge in [-0.2, -0.15) is 0 Å². The number of aromatic nitrogens is 2. The molecule has 108 valence electrons. The quantitative estimate of drug-likeness (QED) is 0.897. The van der Waals surface area contributed by atoms with E-state index in [-0.39, 0.29) is 17.7 Å². The fourth-order valence-electron chi connectivity index (χ4n) is 2.18. The number of likely N-dealkylation sites (tertiary alicyclic amines) is 1. The number of halogens is 1. The topological polar surface area (TPSA) is 75.2 Å². The van der Waals surface area contributed by atoms with Crippen LogP contribution in [0.4, 0.5) is 5.82 Å². The second-order valence-electron chi connectivity index (χ2n) is 5.01. The van der Waals surface area contributed by atoms with Gasteiger partial charge in [-0.1, -0.05) is 0 Å². The Morgan fingerprint density at radius 1 is 1.38 bits per heavy atom. The molecule has 1 fully saturated rings. The van der Waals surface area contributed by atoms with E-state index in [4.69, 9.17) is 0 Å². The lowest BCUT2D eigenvalue weighted by atomic mass is 9.99. The highest BCUT2D eigenvalue weighted by Gasteiger charge is 2.34. The molecule has 2 amide bonds. The summed E-state index contributed by atoms with van der Waals surface area (Å²) in [5.74, 6) is 0.196. The summed E-state index contributed by atoms with van der Waals surface area (Å²) in [4.78, 5) is 33.3. The molecule has 1 aliphatic heterocycles. The predicted molar refractivity (Wildman–Crippen MR) is 81.6 cm³/mol. The average molecular weight is 349 g/mol.